The van der Waals surface area contributed by atoms with E-state index in [2.05, 4.69) is 34.7 Å². The van der Waals surface area contributed by atoms with Gasteiger partial charge in [-0.2, -0.15) is 5.10 Å². The number of fused-ring (bicyclic) bond motifs is 2. The van der Waals surface area contributed by atoms with E-state index in [0.717, 1.165) is 30.2 Å². The Kier molecular flexibility index (Phi) is 6.02. The molecule has 0 aliphatic heterocycles. The van der Waals surface area contributed by atoms with Crippen LogP contribution in [0.4, 0.5) is 0 Å². The predicted octanol–water partition coefficient (Wildman–Crippen LogP) is 4.07. The molecule has 4 aromatic rings. The third-order valence-corrected chi connectivity index (χ3v) is 6.61. The summed E-state index contributed by atoms with van der Waals surface area (Å²) in [5, 5.41) is 9.08. The molecule has 34 heavy (non-hydrogen) atoms. The SMILES string of the molecule is CCOC(=O)c1cnn(-c2cc(=O)n(C)c3ccccc23)c1CN[C@H]1CCCc2ccccc21. The molecule has 7 nitrogen and oxygen atoms in total. The maximum atomic E-state index is 12.8. The van der Waals surface area contributed by atoms with Gasteiger partial charge in [0.05, 0.1) is 29.7 Å². The third-order valence-electron chi connectivity index (χ3n) is 6.61. The number of nitrogens with zero attached hydrogens (tertiary/aromatic N) is 3. The fourth-order valence-corrected chi connectivity index (χ4v) is 4.88. The van der Waals surface area contributed by atoms with Crippen LogP contribution in [0.3, 0.4) is 0 Å². The molecule has 2 aromatic carbocycles. The van der Waals surface area contributed by atoms with Crippen molar-refractivity contribution in [3.63, 3.8) is 0 Å². The lowest BCUT2D eigenvalue weighted by Crippen LogP contribution is -2.27. The highest BCUT2D eigenvalue weighted by Gasteiger charge is 2.24. The minimum absolute atomic E-state index is 0.137. The van der Waals surface area contributed by atoms with Crippen molar-refractivity contribution < 1.29 is 9.53 Å². The first-order chi connectivity index (χ1) is 16.6. The number of esters is 1. The molecule has 0 saturated heterocycles. The summed E-state index contributed by atoms with van der Waals surface area (Å²) in [5.41, 5.74) is 5.07. The molecule has 0 unspecified atom stereocenters. The number of aromatic nitrogens is 3. The van der Waals surface area contributed by atoms with Crippen molar-refractivity contribution in [2.24, 2.45) is 7.05 Å². The predicted molar refractivity (Wildman–Crippen MR) is 131 cm³/mol. The van der Waals surface area contributed by atoms with E-state index < -0.39 is 5.97 Å². The number of para-hydroxylation sites is 1. The molecule has 0 amide bonds. The van der Waals surface area contributed by atoms with E-state index in [1.165, 1.54) is 17.3 Å². The zero-order valence-electron chi connectivity index (χ0n) is 19.5. The van der Waals surface area contributed by atoms with Gasteiger partial charge in [0.15, 0.2) is 0 Å². The minimum atomic E-state index is -0.414. The van der Waals surface area contributed by atoms with Crippen LogP contribution >= 0.6 is 0 Å². The number of carbonyl (C=O) groups is 1. The van der Waals surface area contributed by atoms with Crippen molar-refractivity contribution in [2.45, 2.75) is 38.8 Å². The summed E-state index contributed by atoms with van der Waals surface area (Å²) >= 11 is 0. The number of rotatable bonds is 6. The number of ether oxygens (including phenoxy) is 1. The summed E-state index contributed by atoms with van der Waals surface area (Å²) in [6.45, 7) is 2.48. The van der Waals surface area contributed by atoms with Crippen molar-refractivity contribution in [3.8, 4) is 5.69 Å². The van der Waals surface area contributed by atoms with E-state index in [-0.39, 0.29) is 18.2 Å². The van der Waals surface area contributed by atoms with E-state index in [9.17, 15) is 9.59 Å². The molecule has 2 aromatic heterocycles. The van der Waals surface area contributed by atoms with Crippen LogP contribution in [-0.4, -0.2) is 26.9 Å². The van der Waals surface area contributed by atoms with Gasteiger partial charge in [0.2, 0.25) is 0 Å². The van der Waals surface area contributed by atoms with Gasteiger partial charge in [-0.25, -0.2) is 9.48 Å². The molecule has 5 rings (SSSR count). The Bertz CT molecular complexity index is 1420. The first-order valence-electron chi connectivity index (χ1n) is 11.7. The Hall–Kier alpha value is -3.71. The molecule has 174 valence electrons. The molecule has 1 aliphatic carbocycles. The van der Waals surface area contributed by atoms with Gasteiger partial charge in [0.25, 0.3) is 5.56 Å². The molecule has 7 heteroatoms. The first kappa shape index (κ1) is 22.1. The average molecular weight is 457 g/mol. The topological polar surface area (TPSA) is 78.2 Å². The Morgan fingerprint density at radius 3 is 2.82 bits per heavy atom. The largest absolute Gasteiger partial charge is 0.462 e. The van der Waals surface area contributed by atoms with Gasteiger partial charge in [-0.15, -0.1) is 0 Å². The van der Waals surface area contributed by atoms with Gasteiger partial charge in [0.1, 0.15) is 5.56 Å². The van der Waals surface area contributed by atoms with Crippen LogP contribution in [0.25, 0.3) is 16.6 Å². The van der Waals surface area contributed by atoms with Crippen molar-refractivity contribution in [2.75, 3.05) is 6.61 Å². The zero-order chi connectivity index (χ0) is 23.7. The second-order valence-electron chi connectivity index (χ2n) is 8.61. The second-order valence-corrected chi connectivity index (χ2v) is 8.61. The monoisotopic (exact) mass is 456 g/mol. The molecule has 0 saturated carbocycles. The fraction of sp³-hybridized carbons (Fsp3) is 0.296. The molecule has 0 bridgehead atoms. The zero-order valence-corrected chi connectivity index (χ0v) is 19.5. The van der Waals surface area contributed by atoms with Crippen molar-refractivity contribution >= 4 is 16.9 Å². The molecule has 2 heterocycles. The lowest BCUT2D eigenvalue weighted by Gasteiger charge is -2.27. The molecule has 0 radical (unpaired) electrons. The van der Waals surface area contributed by atoms with Crippen LogP contribution < -0.4 is 10.9 Å². The highest BCUT2D eigenvalue weighted by atomic mass is 16.5. The van der Waals surface area contributed by atoms with Gasteiger partial charge in [-0.1, -0.05) is 42.5 Å². The molecule has 1 atom stereocenters. The Labute approximate surface area is 198 Å². The summed E-state index contributed by atoms with van der Waals surface area (Å²) in [7, 11) is 1.75. The molecule has 0 fully saturated rings. The van der Waals surface area contributed by atoms with Gasteiger partial charge < -0.3 is 14.6 Å². The van der Waals surface area contributed by atoms with Crippen LogP contribution in [0.5, 0.6) is 0 Å². The summed E-state index contributed by atoms with van der Waals surface area (Å²) in [6.07, 6.45) is 4.75. The van der Waals surface area contributed by atoms with E-state index in [0.29, 0.717) is 23.5 Å². The van der Waals surface area contributed by atoms with Crippen molar-refractivity contribution in [3.05, 3.63) is 93.5 Å². The van der Waals surface area contributed by atoms with Gasteiger partial charge in [-0.3, -0.25) is 4.79 Å². The average Bonchev–Trinajstić information content (AvgIpc) is 3.29. The lowest BCUT2D eigenvalue weighted by molar-refractivity contribution is 0.0524. The lowest BCUT2D eigenvalue weighted by atomic mass is 9.88. The third kappa shape index (κ3) is 3.92. The highest BCUT2D eigenvalue weighted by Crippen LogP contribution is 2.30. The van der Waals surface area contributed by atoms with Crippen molar-refractivity contribution in [1.82, 2.24) is 19.7 Å². The van der Waals surface area contributed by atoms with E-state index in [1.807, 2.05) is 24.3 Å². The number of nitrogens with one attached hydrogen (secondary N) is 1. The summed E-state index contributed by atoms with van der Waals surface area (Å²) in [5.74, 6) is -0.414. The summed E-state index contributed by atoms with van der Waals surface area (Å²) < 4.78 is 8.63. The molecule has 1 N–H and O–H groups in total. The van der Waals surface area contributed by atoms with E-state index in [1.54, 1.807) is 29.3 Å². The van der Waals surface area contributed by atoms with Gasteiger partial charge >= 0.3 is 5.97 Å². The second kappa shape index (κ2) is 9.27. The Morgan fingerprint density at radius 1 is 1.18 bits per heavy atom. The highest BCUT2D eigenvalue weighted by molar-refractivity contribution is 5.92. The van der Waals surface area contributed by atoms with E-state index in [4.69, 9.17) is 4.74 Å². The normalized spacial score (nSPS) is 15.3. The Balaban J connectivity index is 1.59. The van der Waals surface area contributed by atoms with Crippen LogP contribution in [0.1, 0.15) is 53.0 Å². The number of hydrogen-bond donors (Lipinski definition) is 1. The van der Waals surface area contributed by atoms with Gasteiger partial charge in [0, 0.05) is 31.1 Å². The van der Waals surface area contributed by atoms with Crippen LogP contribution in [0, 0.1) is 0 Å². The van der Waals surface area contributed by atoms with Crippen molar-refractivity contribution in [1.29, 1.82) is 0 Å². The van der Waals surface area contributed by atoms with Crippen LogP contribution in [-0.2, 0) is 24.8 Å². The molecular weight excluding hydrogens is 428 g/mol. The van der Waals surface area contributed by atoms with E-state index >= 15 is 0 Å². The summed E-state index contributed by atoms with van der Waals surface area (Å²) in [6, 6.07) is 18.0. The van der Waals surface area contributed by atoms with Crippen LogP contribution in [0.15, 0.2) is 65.6 Å². The quantitative estimate of drug-likeness (QED) is 0.443. The van der Waals surface area contributed by atoms with Crippen LogP contribution in [0.2, 0.25) is 0 Å². The fourth-order valence-electron chi connectivity index (χ4n) is 4.88. The number of benzene rings is 2. The maximum Gasteiger partial charge on any atom is 0.341 e. The number of aryl methyl sites for hydroxylation is 2. The smallest absolute Gasteiger partial charge is 0.341 e. The number of hydrogen-bond acceptors (Lipinski definition) is 5. The molecular formula is C27H28N4O3. The standard InChI is InChI=1S/C27H28N4O3/c1-3-34-27(33)21-16-29-31(24-15-26(32)30(2)23-14-7-6-12-20(23)24)25(21)17-28-22-13-8-10-18-9-4-5-11-19(18)22/h4-7,9,11-12,14-16,22,28H,3,8,10,13,17H2,1-2H3/t22-/m0/s1. The molecule has 0 spiro atoms. The minimum Gasteiger partial charge on any atom is -0.462 e. The number of carbonyl (C=O) groups excluding carboxylic acids is 1. The van der Waals surface area contributed by atoms with Gasteiger partial charge in [-0.05, 0) is 43.4 Å². The summed E-state index contributed by atoms with van der Waals surface area (Å²) in [4.78, 5) is 25.5. The first-order valence-corrected chi connectivity index (χ1v) is 11.7. The number of pyridine rings is 1. The molecule has 1 aliphatic rings. The maximum absolute atomic E-state index is 12.8. The Morgan fingerprint density at radius 2 is 1.97 bits per heavy atom.